The SMILES string of the molecule is CCOC(=O)Cn1c(Sc2cc3c(cc2Br)OCO3)nc2c(N)ncnc21. The molecule has 0 bridgehead atoms. The van der Waals surface area contributed by atoms with Gasteiger partial charge in [0.1, 0.15) is 12.9 Å². The molecule has 2 N–H and O–H groups in total. The first-order valence-corrected chi connectivity index (χ1v) is 9.57. The Hall–Kier alpha value is -2.53. The number of benzene rings is 1. The Morgan fingerprint density at radius 2 is 2.15 bits per heavy atom. The minimum absolute atomic E-state index is 0.0364. The van der Waals surface area contributed by atoms with E-state index in [-0.39, 0.29) is 25.1 Å². The van der Waals surface area contributed by atoms with Crippen LogP contribution >= 0.6 is 27.7 Å². The number of carbonyl (C=O) groups is 1. The number of nitrogens with two attached hydrogens (primary N) is 1. The van der Waals surface area contributed by atoms with Gasteiger partial charge in [0.05, 0.1) is 6.61 Å². The number of hydrogen-bond acceptors (Lipinski definition) is 9. The molecule has 4 rings (SSSR count). The lowest BCUT2D eigenvalue weighted by atomic mass is 10.3. The van der Waals surface area contributed by atoms with E-state index in [1.54, 1.807) is 11.5 Å². The number of anilines is 1. The molecule has 0 atom stereocenters. The van der Waals surface area contributed by atoms with Crippen molar-refractivity contribution in [1.82, 2.24) is 19.5 Å². The van der Waals surface area contributed by atoms with Gasteiger partial charge >= 0.3 is 5.97 Å². The normalized spacial score (nSPS) is 12.5. The van der Waals surface area contributed by atoms with E-state index in [0.29, 0.717) is 34.4 Å². The molecule has 0 saturated carbocycles. The van der Waals surface area contributed by atoms with Gasteiger partial charge in [-0.15, -0.1) is 0 Å². The number of fused-ring (bicyclic) bond motifs is 2. The van der Waals surface area contributed by atoms with Crippen molar-refractivity contribution in [3.8, 4) is 11.5 Å². The molecule has 3 aromatic rings. The monoisotopic (exact) mass is 451 g/mol. The van der Waals surface area contributed by atoms with E-state index in [9.17, 15) is 4.79 Å². The minimum atomic E-state index is -0.388. The van der Waals surface area contributed by atoms with Gasteiger partial charge in [-0.1, -0.05) is 11.8 Å². The number of nitrogen functional groups attached to an aromatic ring is 1. The van der Waals surface area contributed by atoms with Crippen molar-refractivity contribution in [2.24, 2.45) is 0 Å². The summed E-state index contributed by atoms with van der Waals surface area (Å²) in [7, 11) is 0. The minimum Gasteiger partial charge on any atom is -0.465 e. The van der Waals surface area contributed by atoms with E-state index < -0.39 is 0 Å². The Morgan fingerprint density at radius 1 is 1.37 bits per heavy atom. The number of halogens is 1. The van der Waals surface area contributed by atoms with Crippen LogP contribution in [-0.2, 0) is 16.1 Å². The summed E-state index contributed by atoms with van der Waals surface area (Å²) in [5, 5.41) is 0.532. The molecule has 0 spiro atoms. The molecule has 9 nitrogen and oxygen atoms in total. The van der Waals surface area contributed by atoms with E-state index in [4.69, 9.17) is 19.9 Å². The fourth-order valence-corrected chi connectivity index (χ4v) is 4.05. The standard InChI is InChI=1S/C16H14BrN5O4S/c1-2-24-12(23)5-22-15-13(14(18)19-6-20-15)21-16(22)27-11-4-10-9(3-8(11)17)25-7-26-10/h3-4,6H,2,5,7H2,1H3,(H2,18,19,20). The summed E-state index contributed by atoms with van der Waals surface area (Å²) in [6.07, 6.45) is 1.34. The van der Waals surface area contributed by atoms with Gasteiger partial charge in [-0.05, 0) is 35.0 Å². The second-order valence-corrected chi connectivity index (χ2v) is 7.32. The molecule has 0 radical (unpaired) electrons. The van der Waals surface area contributed by atoms with E-state index in [2.05, 4.69) is 30.9 Å². The third-order valence-corrected chi connectivity index (χ3v) is 5.72. The highest BCUT2D eigenvalue weighted by molar-refractivity contribution is 9.10. The molecule has 11 heteroatoms. The van der Waals surface area contributed by atoms with Crippen LogP contribution in [0.15, 0.2) is 33.0 Å². The summed E-state index contributed by atoms with van der Waals surface area (Å²) >= 11 is 4.87. The highest BCUT2D eigenvalue weighted by Gasteiger charge is 2.22. The zero-order chi connectivity index (χ0) is 19.0. The number of rotatable bonds is 5. The van der Waals surface area contributed by atoms with Crippen LogP contribution in [0.2, 0.25) is 0 Å². The Morgan fingerprint density at radius 3 is 2.93 bits per heavy atom. The maximum Gasteiger partial charge on any atom is 0.326 e. The van der Waals surface area contributed by atoms with Gasteiger partial charge in [0.15, 0.2) is 33.6 Å². The fraction of sp³-hybridized carbons (Fsp3) is 0.250. The molecule has 1 aliphatic rings. The van der Waals surface area contributed by atoms with Crippen LogP contribution in [0.5, 0.6) is 11.5 Å². The molecular weight excluding hydrogens is 438 g/mol. The van der Waals surface area contributed by atoms with Crippen molar-refractivity contribution in [3.05, 3.63) is 22.9 Å². The second kappa shape index (κ2) is 7.24. The van der Waals surface area contributed by atoms with Gasteiger partial charge < -0.3 is 19.9 Å². The summed E-state index contributed by atoms with van der Waals surface area (Å²) < 4.78 is 18.3. The molecule has 2 aromatic heterocycles. The lowest BCUT2D eigenvalue weighted by Gasteiger charge is -2.09. The lowest BCUT2D eigenvalue weighted by Crippen LogP contribution is -2.14. The number of imidazole rings is 1. The molecule has 140 valence electrons. The highest BCUT2D eigenvalue weighted by Crippen LogP contribution is 2.43. The van der Waals surface area contributed by atoms with Crippen LogP contribution in [0.3, 0.4) is 0 Å². The van der Waals surface area contributed by atoms with E-state index in [0.717, 1.165) is 9.37 Å². The van der Waals surface area contributed by atoms with Crippen molar-refractivity contribution in [1.29, 1.82) is 0 Å². The van der Waals surface area contributed by atoms with Crippen molar-refractivity contribution < 1.29 is 19.0 Å². The van der Waals surface area contributed by atoms with Crippen LogP contribution in [0.25, 0.3) is 11.2 Å². The molecule has 1 aliphatic heterocycles. The predicted molar refractivity (Wildman–Crippen MR) is 101 cm³/mol. The Kier molecular flexibility index (Phi) is 4.79. The summed E-state index contributed by atoms with van der Waals surface area (Å²) in [6, 6.07) is 3.68. The van der Waals surface area contributed by atoms with Crippen LogP contribution in [-0.4, -0.2) is 38.9 Å². The predicted octanol–water partition coefficient (Wildman–Crippen LogP) is 2.61. The maximum absolute atomic E-state index is 12.1. The van der Waals surface area contributed by atoms with Gasteiger partial charge in [0.25, 0.3) is 0 Å². The third kappa shape index (κ3) is 3.39. The Balaban J connectivity index is 1.77. The van der Waals surface area contributed by atoms with Crippen LogP contribution in [0, 0.1) is 0 Å². The van der Waals surface area contributed by atoms with Gasteiger partial charge in [-0.25, -0.2) is 15.0 Å². The summed E-state index contributed by atoms with van der Waals surface area (Å²) in [4.78, 5) is 25.6. The van der Waals surface area contributed by atoms with Gasteiger partial charge in [0.2, 0.25) is 6.79 Å². The lowest BCUT2D eigenvalue weighted by molar-refractivity contribution is -0.143. The first-order valence-electron chi connectivity index (χ1n) is 7.96. The molecule has 0 amide bonds. The molecular formula is C16H14BrN5O4S. The van der Waals surface area contributed by atoms with Gasteiger partial charge in [-0.3, -0.25) is 9.36 Å². The van der Waals surface area contributed by atoms with Gasteiger partial charge in [0, 0.05) is 9.37 Å². The van der Waals surface area contributed by atoms with Crippen molar-refractivity contribution in [2.75, 3.05) is 19.1 Å². The molecule has 0 unspecified atom stereocenters. The zero-order valence-electron chi connectivity index (χ0n) is 14.1. The molecule has 1 aromatic carbocycles. The molecule has 0 fully saturated rings. The van der Waals surface area contributed by atoms with E-state index in [1.807, 2.05) is 12.1 Å². The smallest absolute Gasteiger partial charge is 0.326 e. The topological polar surface area (TPSA) is 114 Å². The summed E-state index contributed by atoms with van der Waals surface area (Å²) in [6.45, 7) is 2.19. The number of esters is 1. The van der Waals surface area contributed by atoms with Crippen LogP contribution in [0.4, 0.5) is 5.82 Å². The number of nitrogens with zero attached hydrogens (tertiary/aromatic N) is 4. The number of carbonyl (C=O) groups excluding carboxylic acids is 1. The number of ether oxygens (including phenoxy) is 3. The molecule has 3 heterocycles. The molecule has 0 saturated heterocycles. The maximum atomic E-state index is 12.1. The van der Waals surface area contributed by atoms with Crippen molar-refractivity contribution in [2.45, 2.75) is 23.5 Å². The van der Waals surface area contributed by atoms with Crippen LogP contribution in [0.1, 0.15) is 6.92 Å². The van der Waals surface area contributed by atoms with Crippen LogP contribution < -0.4 is 15.2 Å². The number of aromatic nitrogens is 4. The zero-order valence-corrected chi connectivity index (χ0v) is 16.5. The summed E-state index contributed by atoms with van der Waals surface area (Å²) in [5.74, 6) is 1.17. The molecule has 0 aliphatic carbocycles. The molecule has 27 heavy (non-hydrogen) atoms. The van der Waals surface area contributed by atoms with E-state index >= 15 is 0 Å². The Bertz CT molecular complexity index is 1040. The highest BCUT2D eigenvalue weighted by atomic mass is 79.9. The average Bonchev–Trinajstić information content (AvgIpc) is 3.21. The average molecular weight is 452 g/mol. The van der Waals surface area contributed by atoms with E-state index in [1.165, 1.54) is 18.1 Å². The first-order chi connectivity index (χ1) is 13.1. The fourth-order valence-electron chi connectivity index (χ4n) is 2.57. The van der Waals surface area contributed by atoms with Gasteiger partial charge in [-0.2, -0.15) is 0 Å². The quantitative estimate of drug-likeness (QED) is 0.584. The van der Waals surface area contributed by atoms with Crippen molar-refractivity contribution in [3.63, 3.8) is 0 Å². The Labute approximate surface area is 166 Å². The first kappa shape index (κ1) is 17.9. The number of hydrogen-bond donors (Lipinski definition) is 1. The largest absolute Gasteiger partial charge is 0.465 e. The second-order valence-electron chi connectivity index (χ2n) is 5.45. The third-order valence-electron chi connectivity index (χ3n) is 3.75. The summed E-state index contributed by atoms with van der Waals surface area (Å²) in [5.41, 5.74) is 6.83. The van der Waals surface area contributed by atoms with Crippen molar-refractivity contribution >= 4 is 50.6 Å².